The SMILES string of the molecule is c1coc(C(CNCc2ccc(-n3cccn3)cc2)N2CCCCC2)c1. The van der Waals surface area contributed by atoms with Crippen LogP contribution in [0.15, 0.2) is 65.5 Å². The molecule has 1 aliphatic heterocycles. The van der Waals surface area contributed by atoms with E-state index in [-0.39, 0.29) is 0 Å². The molecule has 136 valence electrons. The molecule has 1 fully saturated rings. The molecule has 0 spiro atoms. The fourth-order valence-electron chi connectivity index (χ4n) is 3.66. The minimum atomic E-state index is 0.314. The highest BCUT2D eigenvalue weighted by Gasteiger charge is 2.23. The monoisotopic (exact) mass is 350 g/mol. The molecule has 1 saturated heterocycles. The molecule has 0 bridgehead atoms. The Morgan fingerprint density at radius 1 is 1.04 bits per heavy atom. The second kappa shape index (κ2) is 8.34. The summed E-state index contributed by atoms with van der Waals surface area (Å²) in [6, 6.07) is 14.9. The van der Waals surface area contributed by atoms with Crippen LogP contribution in [0, 0.1) is 0 Å². The van der Waals surface area contributed by atoms with Gasteiger partial charge in [-0.2, -0.15) is 5.10 Å². The van der Waals surface area contributed by atoms with Gasteiger partial charge in [0, 0.05) is 25.5 Å². The Hall–Kier alpha value is -2.37. The number of aromatic nitrogens is 2. The predicted octanol–water partition coefficient (Wildman–Crippen LogP) is 3.78. The summed E-state index contributed by atoms with van der Waals surface area (Å²) in [5.41, 5.74) is 2.36. The lowest BCUT2D eigenvalue weighted by Crippen LogP contribution is -2.38. The van der Waals surface area contributed by atoms with Crippen LogP contribution in [0.25, 0.3) is 5.69 Å². The average Bonchev–Trinajstić information content (AvgIpc) is 3.40. The summed E-state index contributed by atoms with van der Waals surface area (Å²) in [4.78, 5) is 2.55. The second-order valence-corrected chi connectivity index (χ2v) is 6.88. The summed E-state index contributed by atoms with van der Waals surface area (Å²) < 4.78 is 7.59. The van der Waals surface area contributed by atoms with Gasteiger partial charge in [0.25, 0.3) is 0 Å². The first-order valence-electron chi connectivity index (χ1n) is 9.47. The molecule has 1 unspecified atom stereocenters. The van der Waals surface area contributed by atoms with Crippen LogP contribution in [0.4, 0.5) is 0 Å². The summed E-state index contributed by atoms with van der Waals surface area (Å²) in [5.74, 6) is 1.06. The number of benzene rings is 1. The standard InChI is InChI=1S/C21H26N4O/c1-2-12-24(13-3-1)20(21-6-4-15-26-21)17-22-16-18-7-9-19(10-8-18)25-14-5-11-23-25/h4-11,14-15,20,22H,1-3,12-13,16-17H2. The van der Waals surface area contributed by atoms with E-state index in [1.807, 2.05) is 23.0 Å². The molecule has 0 saturated carbocycles. The molecule has 0 amide bonds. The zero-order chi connectivity index (χ0) is 17.6. The van der Waals surface area contributed by atoms with Crippen LogP contribution in [0.5, 0.6) is 0 Å². The summed E-state index contributed by atoms with van der Waals surface area (Å²) in [6.45, 7) is 4.07. The lowest BCUT2D eigenvalue weighted by molar-refractivity contribution is 0.142. The fourth-order valence-corrected chi connectivity index (χ4v) is 3.66. The normalized spacial score (nSPS) is 16.6. The number of nitrogens with zero attached hydrogens (tertiary/aromatic N) is 3. The Morgan fingerprint density at radius 2 is 1.88 bits per heavy atom. The van der Waals surface area contributed by atoms with E-state index in [0.717, 1.165) is 37.6 Å². The second-order valence-electron chi connectivity index (χ2n) is 6.88. The van der Waals surface area contributed by atoms with E-state index in [2.05, 4.69) is 45.6 Å². The van der Waals surface area contributed by atoms with Crippen LogP contribution in [-0.2, 0) is 6.54 Å². The van der Waals surface area contributed by atoms with Crippen molar-refractivity contribution in [2.24, 2.45) is 0 Å². The van der Waals surface area contributed by atoms with Crippen molar-refractivity contribution in [2.45, 2.75) is 31.8 Å². The van der Waals surface area contributed by atoms with Gasteiger partial charge < -0.3 is 9.73 Å². The van der Waals surface area contributed by atoms with Gasteiger partial charge in [0.2, 0.25) is 0 Å². The van der Waals surface area contributed by atoms with Crippen molar-refractivity contribution in [1.82, 2.24) is 20.0 Å². The summed E-state index contributed by atoms with van der Waals surface area (Å²) in [5, 5.41) is 7.88. The molecule has 5 heteroatoms. The van der Waals surface area contributed by atoms with E-state index >= 15 is 0 Å². The van der Waals surface area contributed by atoms with Crippen LogP contribution in [0.1, 0.15) is 36.6 Å². The van der Waals surface area contributed by atoms with E-state index in [0.29, 0.717) is 6.04 Å². The van der Waals surface area contributed by atoms with E-state index in [1.165, 1.54) is 24.8 Å². The van der Waals surface area contributed by atoms with Crippen LogP contribution < -0.4 is 5.32 Å². The van der Waals surface area contributed by atoms with Crippen molar-refractivity contribution in [3.8, 4) is 5.69 Å². The first-order chi connectivity index (χ1) is 12.9. The number of likely N-dealkylation sites (tertiary alicyclic amines) is 1. The molecule has 0 radical (unpaired) electrons. The van der Waals surface area contributed by atoms with Crippen molar-refractivity contribution in [2.75, 3.05) is 19.6 Å². The maximum Gasteiger partial charge on any atom is 0.122 e. The smallest absolute Gasteiger partial charge is 0.122 e. The topological polar surface area (TPSA) is 46.2 Å². The summed E-state index contributed by atoms with van der Waals surface area (Å²) in [6.07, 6.45) is 9.44. The minimum Gasteiger partial charge on any atom is -0.468 e. The minimum absolute atomic E-state index is 0.314. The molecule has 1 aromatic carbocycles. The molecule has 5 nitrogen and oxygen atoms in total. The molecule has 1 N–H and O–H groups in total. The number of nitrogens with one attached hydrogen (secondary N) is 1. The molecule has 0 aliphatic carbocycles. The highest BCUT2D eigenvalue weighted by molar-refractivity contribution is 5.33. The van der Waals surface area contributed by atoms with Crippen molar-refractivity contribution in [3.63, 3.8) is 0 Å². The van der Waals surface area contributed by atoms with E-state index < -0.39 is 0 Å². The number of furan rings is 1. The molecule has 26 heavy (non-hydrogen) atoms. The van der Waals surface area contributed by atoms with Crippen LogP contribution in [-0.4, -0.2) is 34.3 Å². The van der Waals surface area contributed by atoms with E-state index in [4.69, 9.17) is 4.42 Å². The average molecular weight is 350 g/mol. The summed E-state index contributed by atoms with van der Waals surface area (Å²) >= 11 is 0. The third-order valence-electron chi connectivity index (χ3n) is 5.08. The van der Waals surface area contributed by atoms with Crippen LogP contribution in [0.2, 0.25) is 0 Å². The summed E-state index contributed by atoms with van der Waals surface area (Å²) in [7, 11) is 0. The maximum absolute atomic E-state index is 5.72. The highest BCUT2D eigenvalue weighted by atomic mass is 16.3. The van der Waals surface area contributed by atoms with Crippen molar-refractivity contribution < 1.29 is 4.42 Å². The van der Waals surface area contributed by atoms with Gasteiger partial charge in [-0.15, -0.1) is 0 Å². The molecule has 1 aliphatic rings. The van der Waals surface area contributed by atoms with Gasteiger partial charge in [-0.05, 0) is 61.8 Å². The van der Waals surface area contributed by atoms with Gasteiger partial charge in [-0.1, -0.05) is 18.6 Å². The molecule has 3 heterocycles. The Morgan fingerprint density at radius 3 is 2.58 bits per heavy atom. The molecule has 3 aromatic rings. The Labute approximate surface area is 154 Å². The number of hydrogen-bond donors (Lipinski definition) is 1. The largest absolute Gasteiger partial charge is 0.468 e. The van der Waals surface area contributed by atoms with Crippen LogP contribution >= 0.6 is 0 Å². The van der Waals surface area contributed by atoms with Crippen LogP contribution in [0.3, 0.4) is 0 Å². The first kappa shape index (κ1) is 17.1. The van der Waals surface area contributed by atoms with Gasteiger partial charge in [0.15, 0.2) is 0 Å². The zero-order valence-corrected chi connectivity index (χ0v) is 15.1. The molecule has 4 rings (SSSR count). The third kappa shape index (κ3) is 4.06. The Balaban J connectivity index is 1.35. The molecule has 1 atom stereocenters. The van der Waals surface area contributed by atoms with Crippen molar-refractivity contribution in [3.05, 3.63) is 72.4 Å². The zero-order valence-electron chi connectivity index (χ0n) is 15.1. The fraction of sp³-hybridized carbons (Fsp3) is 0.381. The predicted molar refractivity (Wildman–Crippen MR) is 102 cm³/mol. The van der Waals surface area contributed by atoms with Crippen molar-refractivity contribution >= 4 is 0 Å². The Kier molecular flexibility index (Phi) is 5.47. The van der Waals surface area contributed by atoms with Gasteiger partial charge in [-0.25, -0.2) is 4.68 Å². The highest BCUT2D eigenvalue weighted by Crippen LogP contribution is 2.24. The molecular weight excluding hydrogens is 324 g/mol. The lowest BCUT2D eigenvalue weighted by Gasteiger charge is -2.33. The maximum atomic E-state index is 5.72. The number of piperidine rings is 1. The number of hydrogen-bond acceptors (Lipinski definition) is 4. The van der Waals surface area contributed by atoms with Gasteiger partial charge >= 0.3 is 0 Å². The molecule has 2 aromatic heterocycles. The van der Waals surface area contributed by atoms with Crippen molar-refractivity contribution in [1.29, 1.82) is 0 Å². The quantitative estimate of drug-likeness (QED) is 0.704. The van der Waals surface area contributed by atoms with Gasteiger partial charge in [0.1, 0.15) is 5.76 Å². The van der Waals surface area contributed by atoms with E-state index in [9.17, 15) is 0 Å². The molecular formula is C21H26N4O. The first-order valence-corrected chi connectivity index (χ1v) is 9.47. The van der Waals surface area contributed by atoms with Gasteiger partial charge in [-0.3, -0.25) is 4.90 Å². The Bertz CT molecular complexity index is 759. The lowest BCUT2D eigenvalue weighted by atomic mass is 10.1. The van der Waals surface area contributed by atoms with E-state index in [1.54, 1.807) is 12.5 Å². The number of rotatable bonds is 7. The third-order valence-corrected chi connectivity index (χ3v) is 5.08. The van der Waals surface area contributed by atoms with Gasteiger partial charge in [0.05, 0.1) is 18.0 Å².